The molecule has 0 unspecified atom stereocenters. The normalized spacial score (nSPS) is 48.0. The number of carbonyl (C=O) groups is 2. The van der Waals surface area contributed by atoms with Crippen LogP contribution in [0.15, 0.2) is 12.7 Å². The number of hydrogen-bond acceptors (Lipinski definition) is 8. The van der Waals surface area contributed by atoms with Gasteiger partial charge in [0.2, 0.25) is 0 Å². The van der Waals surface area contributed by atoms with E-state index in [9.17, 15) is 24.9 Å². The lowest BCUT2D eigenvalue weighted by molar-refractivity contribution is -0.370. The lowest BCUT2D eigenvalue weighted by Gasteiger charge is -2.71. The van der Waals surface area contributed by atoms with E-state index in [1.807, 2.05) is 13.8 Å². The first kappa shape index (κ1) is 25.3. The van der Waals surface area contributed by atoms with Gasteiger partial charge in [0.05, 0.1) is 24.4 Å². The number of Topliss-reactive ketones (excluding diaryl/α,β-unsaturated/α-hetero) is 1. The summed E-state index contributed by atoms with van der Waals surface area (Å²) in [5, 5.41) is 35.2. The molecular weight excluding hydrogens is 414 g/mol. The molecule has 0 aromatic carbocycles. The van der Waals surface area contributed by atoms with Crippen molar-refractivity contribution >= 4 is 11.8 Å². The van der Waals surface area contributed by atoms with Gasteiger partial charge in [-0.25, -0.2) is 0 Å². The third-order valence-electron chi connectivity index (χ3n) is 8.43. The van der Waals surface area contributed by atoms with Crippen molar-refractivity contribution in [3.63, 3.8) is 0 Å². The van der Waals surface area contributed by atoms with Gasteiger partial charge >= 0.3 is 5.97 Å². The topological polar surface area (TPSA) is 117 Å². The van der Waals surface area contributed by atoms with E-state index in [1.165, 1.54) is 13.0 Å². The lowest BCUT2D eigenvalue weighted by Crippen LogP contribution is -2.86. The van der Waals surface area contributed by atoms with Crippen LogP contribution in [0.1, 0.15) is 53.9 Å². The Morgan fingerprint density at radius 1 is 1.25 bits per heavy atom. The molecule has 182 valence electrons. The minimum absolute atomic E-state index is 0.0433. The molecule has 8 nitrogen and oxygen atoms in total. The lowest BCUT2D eigenvalue weighted by atomic mass is 9.40. The van der Waals surface area contributed by atoms with E-state index >= 15 is 0 Å². The number of aliphatic hydroxyl groups is 3. The molecule has 2 aliphatic carbocycles. The number of esters is 1. The Bertz CT molecular complexity index is 812. The Hall–Kier alpha value is -1.32. The van der Waals surface area contributed by atoms with E-state index in [-0.39, 0.29) is 13.0 Å². The van der Waals surface area contributed by atoms with Crippen LogP contribution in [0.4, 0.5) is 0 Å². The number of carbonyl (C=O) groups excluding carboxylic acids is 2. The molecule has 8 atom stereocenters. The largest absolute Gasteiger partial charge is 0.455 e. The number of fused-ring (bicyclic) bond motifs is 3. The SMILES string of the molecule is C=C[C@@]1(C)CC(=O)[C@@]2(O)[C@@]3(C)[C@@H](O)CCC(C)(C)[C@@H]3[C@H](O)[C@H](OC(=O)CN(C)C)[C@@]2(C)O1. The first-order valence-electron chi connectivity index (χ1n) is 11.3. The summed E-state index contributed by atoms with van der Waals surface area (Å²) in [6.07, 6.45) is -1.38. The quantitative estimate of drug-likeness (QED) is 0.427. The first-order chi connectivity index (χ1) is 14.5. The second kappa shape index (κ2) is 7.60. The Morgan fingerprint density at radius 3 is 2.38 bits per heavy atom. The Kier molecular flexibility index (Phi) is 6.01. The number of rotatable bonds is 4. The van der Waals surface area contributed by atoms with Crippen LogP contribution in [0, 0.1) is 16.7 Å². The van der Waals surface area contributed by atoms with Crippen molar-refractivity contribution in [1.82, 2.24) is 4.90 Å². The van der Waals surface area contributed by atoms with Crippen LogP contribution < -0.4 is 0 Å². The van der Waals surface area contributed by atoms with E-state index < -0.39 is 63.6 Å². The van der Waals surface area contributed by atoms with Crippen molar-refractivity contribution < 1.29 is 34.4 Å². The molecule has 3 N–H and O–H groups in total. The molecule has 3 fully saturated rings. The van der Waals surface area contributed by atoms with Crippen LogP contribution in [-0.4, -0.2) is 87.7 Å². The predicted octanol–water partition coefficient (Wildman–Crippen LogP) is 1.06. The number of ketones is 1. The molecule has 0 amide bonds. The summed E-state index contributed by atoms with van der Waals surface area (Å²) in [6, 6.07) is 0. The van der Waals surface area contributed by atoms with E-state index in [0.717, 1.165) is 0 Å². The zero-order valence-corrected chi connectivity index (χ0v) is 20.3. The van der Waals surface area contributed by atoms with Gasteiger partial charge in [-0.15, -0.1) is 6.58 Å². The van der Waals surface area contributed by atoms with Crippen LogP contribution in [0.2, 0.25) is 0 Å². The van der Waals surface area contributed by atoms with Crippen molar-refractivity contribution in [3.8, 4) is 0 Å². The van der Waals surface area contributed by atoms with E-state index in [4.69, 9.17) is 9.47 Å². The minimum Gasteiger partial charge on any atom is -0.455 e. The molecule has 1 heterocycles. The van der Waals surface area contributed by atoms with Gasteiger partial charge in [-0.1, -0.05) is 26.8 Å². The average molecular weight is 454 g/mol. The van der Waals surface area contributed by atoms with E-state index in [0.29, 0.717) is 12.8 Å². The van der Waals surface area contributed by atoms with Crippen molar-refractivity contribution in [3.05, 3.63) is 12.7 Å². The molecule has 0 radical (unpaired) electrons. The van der Waals surface area contributed by atoms with E-state index in [2.05, 4.69) is 6.58 Å². The maximum atomic E-state index is 13.7. The number of likely N-dealkylation sites (N-methyl/N-ethyl adjacent to an activating group) is 1. The Labute approximate surface area is 190 Å². The number of hydrogen-bond donors (Lipinski definition) is 3. The summed E-state index contributed by atoms with van der Waals surface area (Å²) < 4.78 is 12.1. The zero-order valence-electron chi connectivity index (χ0n) is 20.3. The highest BCUT2D eigenvalue weighted by molar-refractivity contribution is 5.92. The fourth-order valence-corrected chi connectivity index (χ4v) is 6.92. The molecule has 3 rings (SSSR count). The standard InChI is InChI=1S/C24H39NO7/c1-9-21(4)12-15(27)24(30)22(5)14(26)10-11-20(2,3)18(22)17(29)19(23(24,6)32-21)31-16(28)13-25(7)8/h9,14,17-19,26,29-30H,1,10-13H2,2-8H3/t14-,17-,18-,19-,21-,22-,23+,24+/m0/s1. The highest BCUT2D eigenvalue weighted by atomic mass is 16.6. The molecular formula is C24H39NO7. The van der Waals surface area contributed by atoms with Gasteiger partial charge in [0, 0.05) is 17.8 Å². The fourth-order valence-electron chi connectivity index (χ4n) is 6.92. The predicted molar refractivity (Wildman–Crippen MR) is 118 cm³/mol. The molecule has 32 heavy (non-hydrogen) atoms. The molecule has 1 saturated heterocycles. The Morgan fingerprint density at radius 2 is 1.84 bits per heavy atom. The molecule has 3 aliphatic rings. The van der Waals surface area contributed by atoms with Gasteiger partial charge < -0.3 is 24.8 Å². The second-order valence-corrected chi connectivity index (χ2v) is 11.5. The van der Waals surface area contributed by atoms with Gasteiger partial charge in [-0.3, -0.25) is 14.5 Å². The average Bonchev–Trinajstić information content (AvgIpc) is 2.65. The Balaban J connectivity index is 2.26. The maximum absolute atomic E-state index is 13.7. The smallest absolute Gasteiger partial charge is 0.320 e. The molecule has 0 aromatic rings. The van der Waals surface area contributed by atoms with Crippen molar-refractivity contribution in [2.24, 2.45) is 16.7 Å². The first-order valence-corrected chi connectivity index (χ1v) is 11.3. The molecule has 8 heteroatoms. The van der Waals surface area contributed by atoms with Crippen LogP contribution in [0.5, 0.6) is 0 Å². The van der Waals surface area contributed by atoms with Gasteiger partial charge in [0.1, 0.15) is 5.60 Å². The molecule has 0 spiro atoms. The summed E-state index contributed by atoms with van der Waals surface area (Å²) in [5.41, 5.74) is -7.12. The van der Waals surface area contributed by atoms with Crippen molar-refractivity contribution in [2.45, 2.75) is 89.0 Å². The molecule has 0 bridgehead atoms. The van der Waals surface area contributed by atoms with Crippen LogP contribution in [0.25, 0.3) is 0 Å². The van der Waals surface area contributed by atoms with Crippen LogP contribution in [0.3, 0.4) is 0 Å². The summed E-state index contributed by atoms with van der Waals surface area (Å²) in [5.74, 6) is -1.85. The van der Waals surface area contributed by atoms with Crippen molar-refractivity contribution in [1.29, 1.82) is 0 Å². The zero-order chi connectivity index (χ0) is 24.5. The van der Waals surface area contributed by atoms with Gasteiger partial charge in [0.25, 0.3) is 0 Å². The molecule has 1 aliphatic heterocycles. The van der Waals surface area contributed by atoms with Crippen molar-refractivity contribution in [2.75, 3.05) is 20.6 Å². The number of aliphatic hydroxyl groups excluding tert-OH is 2. The maximum Gasteiger partial charge on any atom is 0.320 e. The fraction of sp³-hybridized carbons (Fsp3) is 0.833. The second-order valence-electron chi connectivity index (χ2n) is 11.5. The highest BCUT2D eigenvalue weighted by Crippen LogP contribution is 2.67. The van der Waals surface area contributed by atoms with Gasteiger partial charge in [0.15, 0.2) is 17.5 Å². The van der Waals surface area contributed by atoms with Crippen LogP contribution in [-0.2, 0) is 19.1 Å². The number of nitrogens with zero attached hydrogens (tertiary/aromatic N) is 1. The highest BCUT2D eigenvalue weighted by Gasteiger charge is 2.81. The van der Waals surface area contributed by atoms with Gasteiger partial charge in [-0.2, -0.15) is 0 Å². The monoisotopic (exact) mass is 453 g/mol. The summed E-state index contributed by atoms with van der Waals surface area (Å²) in [6.45, 7) is 12.4. The minimum atomic E-state index is -2.20. The third kappa shape index (κ3) is 3.21. The molecule has 0 aromatic heterocycles. The van der Waals surface area contributed by atoms with Crippen LogP contribution >= 0.6 is 0 Å². The van der Waals surface area contributed by atoms with Gasteiger partial charge in [-0.05, 0) is 46.2 Å². The summed E-state index contributed by atoms with van der Waals surface area (Å²) >= 11 is 0. The summed E-state index contributed by atoms with van der Waals surface area (Å²) in [7, 11) is 3.42. The van der Waals surface area contributed by atoms with E-state index in [1.54, 1.807) is 32.8 Å². The third-order valence-corrected chi connectivity index (χ3v) is 8.43. The summed E-state index contributed by atoms with van der Waals surface area (Å²) in [4.78, 5) is 28.1. The molecule has 2 saturated carbocycles. The number of ether oxygens (including phenoxy) is 2.